The lowest BCUT2D eigenvalue weighted by molar-refractivity contribution is 0.0515. The van der Waals surface area contributed by atoms with Gasteiger partial charge in [0.05, 0.1) is 18.2 Å². The lowest BCUT2D eigenvalue weighted by Gasteiger charge is -2.24. The van der Waals surface area contributed by atoms with Crippen LogP contribution in [-0.2, 0) is 5.60 Å². The third kappa shape index (κ3) is 3.66. The summed E-state index contributed by atoms with van der Waals surface area (Å²) in [4.78, 5) is 4.59. The van der Waals surface area contributed by atoms with Crippen LogP contribution in [0.15, 0.2) is 60.7 Å². The Morgan fingerprint density at radius 2 is 1.88 bits per heavy atom. The zero-order valence-corrected chi connectivity index (χ0v) is 14.0. The van der Waals surface area contributed by atoms with E-state index in [-0.39, 0.29) is 0 Å². The SMILES string of the molecule is COc1ccc2nc(NCCC(C)(O)c3ccccc3)ccc2c1. The number of nitrogens with one attached hydrogen (secondary N) is 1. The number of methoxy groups -OCH3 is 1. The van der Waals surface area contributed by atoms with E-state index in [0.717, 1.165) is 28.0 Å². The molecule has 0 aliphatic carbocycles. The number of benzene rings is 2. The van der Waals surface area contributed by atoms with Gasteiger partial charge < -0.3 is 15.2 Å². The van der Waals surface area contributed by atoms with E-state index >= 15 is 0 Å². The molecule has 2 N–H and O–H groups in total. The van der Waals surface area contributed by atoms with Crippen LogP contribution in [0.2, 0.25) is 0 Å². The molecule has 0 aliphatic heterocycles. The number of anilines is 1. The van der Waals surface area contributed by atoms with Crippen molar-refractivity contribution in [3.05, 3.63) is 66.2 Å². The fourth-order valence-electron chi connectivity index (χ4n) is 2.70. The zero-order valence-electron chi connectivity index (χ0n) is 14.0. The molecule has 1 heterocycles. The molecule has 0 spiro atoms. The maximum absolute atomic E-state index is 10.6. The molecule has 1 aromatic heterocycles. The highest BCUT2D eigenvalue weighted by molar-refractivity contribution is 5.81. The number of hydrogen-bond acceptors (Lipinski definition) is 4. The van der Waals surface area contributed by atoms with Crippen molar-refractivity contribution in [2.45, 2.75) is 18.9 Å². The molecule has 0 bridgehead atoms. The van der Waals surface area contributed by atoms with Gasteiger partial charge in [-0.25, -0.2) is 4.98 Å². The summed E-state index contributed by atoms with van der Waals surface area (Å²) in [6.45, 7) is 2.47. The second-order valence-corrected chi connectivity index (χ2v) is 6.07. The summed E-state index contributed by atoms with van der Waals surface area (Å²) < 4.78 is 5.23. The van der Waals surface area contributed by atoms with Crippen molar-refractivity contribution in [2.24, 2.45) is 0 Å². The fraction of sp³-hybridized carbons (Fsp3) is 0.250. The van der Waals surface area contributed by atoms with Gasteiger partial charge in [-0.15, -0.1) is 0 Å². The minimum Gasteiger partial charge on any atom is -0.497 e. The van der Waals surface area contributed by atoms with Crippen molar-refractivity contribution < 1.29 is 9.84 Å². The van der Waals surface area contributed by atoms with Crippen molar-refractivity contribution in [3.63, 3.8) is 0 Å². The number of aliphatic hydroxyl groups is 1. The van der Waals surface area contributed by atoms with Crippen LogP contribution in [0.5, 0.6) is 5.75 Å². The summed E-state index contributed by atoms with van der Waals surface area (Å²) in [5, 5.41) is 14.9. The van der Waals surface area contributed by atoms with Crippen molar-refractivity contribution in [2.75, 3.05) is 19.0 Å². The summed E-state index contributed by atoms with van der Waals surface area (Å²) in [6.07, 6.45) is 0.597. The van der Waals surface area contributed by atoms with Gasteiger partial charge in [0.25, 0.3) is 0 Å². The second-order valence-electron chi connectivity index (χ2n) is 6.07. The Kier molecular flexibility index (Phi) is 4.67. The molecule has 3 rings (SSSR count). The number of rotatable bonds is 6. The second kappa shape index (κ2) is 6.89. The van der Waals surface area contributed by atoms with Gasteiger partial charge in [0.2, 0.25) is 0 Å². The Hall–Kier alpha value is -2.59. The van der Waals surface area contributed by atoms with Gasteiger partial charge >= 0.3 is 0 Å². The van der Waals surface area contributed by atoms with E-state index in [0.29, 0.717) is 13.0 Å². The van der Waals surface area contributed by atoms with Crippen LogP contribution in [0.1, 0.15) is 18.9 Å². The predicted octanol–water partition coefficient (Wildman–Crippen LogP) is 3.95. The highest BCUT2D eigenvalue weighted by atomic mass is 16.5. The molecule has 0 radical (unpaired) electrons. The van der Waals surface area contributed by atoms with Crippen LogP contribution in [0.4, 0.5) is 5.82 Å². The number of ether oxygens (including phenoxy) is 1. The van der Waals surface area contributed by atoms with E-state index in [1.807, 2.05) is 67.6 Å². The summed E-state index contributed by atoms with van der Waals surface area (Å²) in [6, 6.07) is 19.5. The molecule has 0 amide bonds. The number of fused-ring (bicyclic) bond motifs is 1. The summed E-state index contributed by atoms with van der Waals surface area (Å²) >= 11 is 0. The van der Waals surface area contributed by atoms with E-state index in [1.54, 1.807) is 7.11 Å². The third-order valence-electron chi connectivity index (χ3n) is 4.21. The summed E-state index contributed by atoms with van der Waals surface area (Å²) in [5.41, 5.74) is 0.972. The van der Waals surface area contributed by atoms with Crippen LogP contribution in [-0.4, -0.2) is 23.7 Å². The van der Waals surface area contributed by atoms with Crippen LogP contribution in [0.25, 0.3) is 10.9 Å². The first kappa shape index (κ1) is 16.3. The topological polar surface area (TPSA) is 54.4 Å². The van der Waals surface area contributed by atoms with Crippen molar-refractivity contribution in [1.29, 1.82) is 0 Å². The first-order chi connectivity index (χ1) is 11.6. The predicted molar refractivity (Wildman–Crippen MR) is 97.4 cm³/mol. The summed E-state index contributed by atoms with van der Waals surface area (Å²) in [5.74, 6) is 1.63. The van der Waals surface area contributed by atoms with Gasteiger partial charge in [0.1, 0.15) is 11.6 Å². The van der Waals surface area contributed by atoms with E-state index < -0.39 is 5.60 Å². The Balaban J connectivity index is 1.65. The van der Waals surface area contributed by atoms with E-state index in [4.69, 9.17) is 4.74 Å². The molecule has 2 aromatic carbocycles. The van der Waals surface area contributed by atoms with E-state index in [2.05, 4.69) is 10.3 Å². The van der Waals surface area contributed by atoms with Gasteiger partial charge in [0, 0.05) is 11.9 Å². The Labute approximate surface area is 142 Å². The Bertz CT molecular complexity index is 816. The van der Waals surface area contributed by atoms with E-state index in [1.165, 1.54) is 0 Å². The molecule has 0 saturated carbocycles. The Morgan fingerprint density at radius 1 is 1.08 bits per heavy atom. The van der Waals surface area contributed by atoms with E-state index in [9.17, 15) is 5.11 Å². The van der Waals surface area contributed by atoms with Crippen molar-refractivity contribution >= 4 is 16.7 Å². The first-order valence-corrected chi connectivity index (χ1v) is 8.05. The minimum atomic E-state index is -0.863. The van der Waals surface area contributed by atoms with Gasteiger partial charge in [0.15, 0.2) is 0 Å². The van der Waals surface area contributed by atoms with Gasteiger partial charge in [-0.2, -0.15) is 0 Å². The third-order valence-corrected chi connectivity index (χ3v) is 4.21. The standard InChI is InChI=1S/C20H22N2O2/c1-20(23,16-6-4-3-5-7-16)12-13-21-19-11-8-15-14-17(24-2)9-10-18(15)22-19/h3-11,14,23H,12-13H2,1-2H3,(H,21,22). The number of aromatic nitrogens is 1. The van der Waals surface area contributed by atoms with Gasteiger partial charge in [-0.05, 0) is 49.2 Å². The maximum Gasteiger partial charge on any atom is 0.126 e. The van der Waals surface area contributed by atoms with Crippen molar-refractivity contribution in [1.82, 2.24) is 4.98 Å². The summed E-state index contributed by atoms with van der Waals surface area (Å²) in [7, 11) is 1.66. The largest absolute Gasteiger partial charge is 0.497 e. The molecule has 3 aromatic rings. The lowest BCUT2D eigenvalue weighted by atomic mass is 9.93. The zero-order chi connectivity index (χ0) is 17.0. The number of pyridine rings is 1. The molecular weight excluding hydrogens is 300 g/mol. The fourth-order valence-corrected chi connectivity index (χ4v) is 2.70. The van der Waals surface area contributed by atoms with Crippen LogP contribution >= 0.6 is 0 Å². The molecular formula is C20H22N2O2. The minimum absolute atomic E-state index is 0.597. The monoisotopic (exact) mass is 322 g/mol. The van der Waals surface area contributed by atoms with Crippen LogP contribution in [0.3, 0.4) is 0 Å². The molecule has 1 unspecified atom stereocenters. The van der Waals surface area contributed by atoms with Crippen molar-refractivity contribution in [3.8, 4) is 5.75 Å². The lowest BCUT2D eigenvalue weighted by Crippen LogP contribution is -2.24. The molecule has 0 saturated heterocycles. The molecule has 24 heavy (non-hydrogen) atoms. The molecule has 4 heteroatoms. The highest BCUT2D eigenvalue weighted by Gasteiger charge is 2.22. The van der Waals surface area contributed by atoms with Gasteiger partial charge in [-0.3, -0.25) is 0 Å². The maximum atomic E-state index is 10.6. The average molecular weight is 322 g/mol. The molecule has 124 valence electrons. The average Bonchev–Trinajstić information content (AvgIpc) is 2.62. The molecule has 0 aliphatic rings. The highest BCUT2D eigenvalue weighted by Crippen LogP contribution is 2.25. The Morgan fingerprint density at radius 3 is 2.62 bits per heavy atom. The molecule has 1 atom stereocenters. The van der Waals surface area contributed by atoms with Gasteiger partial charge in [-0.1, -0.05) is 30.3 Å². The quantitative estimate of drug-likeness (QED) is 0.721. The normalized spacial score (nSPS) is 13.5. The molecule has 4 nitrogen and oxygen atoms in total. The molecule has 0 fully saturated rings. The van der Waals surface area contributed by atoms with Crippen LogP contribution < -0.4 is 10.1 Å². The number of hydrogen-bond donors (Lipinski definition) is 2. The smallest absolute Gasteiger partial charge is 0.126 e. The first-order valence-electron chi connectivity index (χ1n) is 8.05. The van der Waals surface area contributed by atoms with Crippen LogP contribution in [0, 0.1) is 0 Å². The number of nitrogens with zero attached hydrogens (tertiary/aromatic N) is 1.